The van der Waals surface area contributed by atoms with Crippen LogP contribution in [0.2, 0.25) is 0 Å². The molecule has 172 valence electrons. The SMILES string of the molecule is COc1cc(C(=O)c2ccccc2)c(OC)c(OC)c1[PH](=O)C(=O)c1c(C)cc(C)cc1C. The number of hydrogen-bond acceptors (Lipinski definition) is 6. The standard InChI is InChI=1S/C26H27O6P/c1-15-12-16(2)21(17(3)13-15)26(28)33(29)25-20(30-4)14-19(23(31-5)24(25)32-6)22(27)18-10-8-7-9-11-18/h7-14,33H,1-6H3. The average Bonchev–Trinajstić information content (AvgIpc) is 2.81. The highest BCUT2D eigenvalue weighted by Crippen LogP contribution is 2.43. The van der Waals surface area contributed by atoms with Crippen LogP contribution in [0.5, 0.6) is 17.2 Å². The van der Waals surface area contributed by atoms with Crippen LogP contribution in [-0.4, -0.2) is 32.6 Å². The maximum atomic E-state index is 13.6. The van der Waals surface area contributed by atoms with Gasteiger partial charge >= 0.3 is 0 Å². The van der Waals surface area contributed by atoms with Crippen molar-refractivity contribution < 1.29 is 28.4 Å². The molecule has 3 rings (SSSR count). The van der Waals surface area contributed by atoms with E-state index in [1.165, 1.54) is 27.4 Å². The van der Waals surface area contributed by atoms with Crippen LogP contribution in [0.15, 0.2) is 48.5 Å². The fourth-order valence-electron chi connectivity index (χ4n) is 4.07. The van der Waals surface area contributed by atoms with Gasteiger partial charge in [0.2, 0.25) is 5.52 Å². The van der Waals surface area contributed by atoms with Crippen LogP contribution in [0.3, 0.4) is 0 Å². The molecule has 0 aliphatic rings. The van der Waals surface area contributed by atoms with Gasteiger partial charge in [-0.3, -0.25) is 9.59 Å². The van der Waals surface area contributed by atoms with Crippen molar-refractivity contribution in [2.75, 3.05) is 21.3 Å². The molecule has 3 aromatic carbocycles. The molecular weight excluding hydrogens is 439 g/mol. The van der Waals surface area contributed by atoms with E-state index < -0.39 is 13.3 Å². The Morgan fingerprint density at radius 3 is 1.88 bits per heavy atom. The molecule has 0 radical (unpaired) electrons. The first-order chi connectivity index (χ1) is 15.7. The lowest BCUT2D eigenvalue weighted by molar-refractivity contribution is 0.103. The van der Waals surface area contributed by atoms with Crippen LogP contribution in [0.25, 0.3) is 0 Å². The topological polar surface area (TPSA) is 78.9 Å². The van der Waals surface area contributed by atoms with Crippen molar-refractivity contribution in [1.29, 1.82) is 0 Å². The van der Waals surface area contributed by atoms with E-state index in [2.05, 4.69) is 0 Å². The maximum absolute atomic E-state index is 13.6. The quantitative estimate of drug-likeness (QED) is 0.347. The summed E-state index contributed by atoms with van der Waals surface area (Å²) in [6, 6.07) is 13.9. The fourth-order valence-corrected chi connectivity index (χ4v) is 5.74. The van der Waals surface area contributed by atoms with Gasteiger partial charge in [-0.25, -0.2) is 0 Å². The maximum Gasteiger partial charge on any atom is 0.223 e. The zero-order valence-corrected chi connectivity index (χ0v) is 20.6. The lowest BCUT2D eigenvalue weighted by Gasteiger charge is -2.19. The molecule has 0 N–H and O–H groups in total. The summed E-state index contributed by atoms with van der Waals surface area (Å²) >= 11 is 0. The number of ether oxygens (including phenoxy) is 3. The molecule has 0 aliphatic carbocycles. The summed E-state index contributed by atoms with van der Waals surface area (Å²) in [5.41, 5.74) is 3.05. The molecule has 0 fully saturated rings. The van der Waals surface area contributed by atoms with E-state index in [9.17, 15) is 14.2 Å². The molecule has 0 saturated heterocycles. The number of carbonyl (C=O) groups excluding carboxylic acids is 2. The summed E-state index contributed by atoms with van der Waals surface area (Å²) in [6.45, 7) is 5.58. The monoisotopic (exact) mass is 466 g/mol. The van der Waals surface area contributed by atoms with Gasteiger partial charge in [0.1, 0.15) is 11.1 Å². The Morgan fingerprint density at radius 2 is 1.36 bits per heavy atom. The third-order valence-corrected chi connectivity index (χ3v) is 7.04. The predicted octanol–water partition coefficient (Wildman–Crippen LogP) is 4.89. The minimum atomic E-state index is -3.11. The summed E-state index contributed by atoms with van der Waals surface area (Å²) in [4.78, 5) is 26.6. The second kappa shape index (κ2) is 10.1. The van der Waals surface area contributed by atoms with E-state index in [-0.39, 0.29) is 33.9 Å². The Hall–Kier alpha value is -3.37. The largest absolute Gasteiger partial charge is 0.496 e. The molecular formula is C26H27O6P. The van der Waals surface area contributed by atoms with Gasteiger partial charge in [-0.2, -0.15) is 0 Å². The van der Waals surface area contributed by atoms with Gasteiger partial charge in [-0.05, 0) is 38.0 Å². The van der Waals surface area contributed by atoms with Crippen molar-refractivity contribution in [2.24, 2.45) is 0 Å². The highest BCUT2D eigenvalue weighted by molar-refractivity contribution is 7.72. The first kappa shape index (κ1) is 24.3. The number of ketones is 1. The van der Waals surface area contributed by atoms with Crippen LogP contribution in [-0.2, 0) is 4.57 Å². The molecule has 1 unspecified atom stereocenters. The lowest BCUT2D eigenvalue weighted by Crippen LogP contribution is -2.16. The minimum absolute atomic E-state index is 0.0517. The van der Waals surface area contributed by atoms with Gasteiger partial charge in [0.15, 0.2) is 25.1 Å². The summed E-state index contributed by atoms with van der Waals surface area (Å²) in [5.74, 6) is -0.0279. The van der Waals surface area contributed by atoms with Gasteiger partial charge in [0.25, 0.3) is 0 Å². The van der Waals surface area contributed by atoms with Crippen LogP contribution in [0.4, 0.5) is 0 Å². The van der Waals surface area contributed by atoms with Gasteiger partial charge in [-0.1, -0.05) is 48.0 Å². The van der Waals surface area contributed by atoms with E-state index in [1.807, 2.05) is 39.0 Å². The Kier molecular flexibility index (Phi) is 7.39. The highest BCUT2D eigenvalue weighted by atomic mass is 31.1. The molecule has 0 spiro atoms. The second-order valence-corrected chi connectivity index (χ2v) is 9.31. The molecule has 0 amide bonds. The third kappa shape index (κ3) is 4.57. The van der Waals surface area contributed by atoms with E-state index >= 15 is 0 Å². The summed E-state index contributed by atoms with van der Waals surface area (Å²) < 4.78 is 30.2. The number of carbonyl (C=O) groups is 2. The van der Waals surface area contributed by atoms with Crippen LogP contribution < -0.4 is 19.5 Å². The zero-order chi connectivity index (χ0) is 24.3. The molecule has 0 bridgehead atoms. The predicted molar refractivity (Wildman–Crippen MR) is 130 cm³/mol. The molecule has 7 heteroatoms. The van der Waals surface area contributed by atoms with Crippen LogP contribution in [0, 0.1) is 20.8 Å². The van der Waals surface area contributed by atoms with Gasteiger partial charge in [-0.15, -0.1) is 0 Å². The molecule has 33 heavy (non-hydrogen) atoms. The Morgan fingerprint density at radius 1 is 0.788 bits per heavy atom. The average molecular weight is 466 g/mol. The summed E-state index contributed by atoms with van der Waals surface area (Å²) in [7, 11) is 1.05. The molecule has 6 nitrogen and oxygen atoms in total. The smallest absolute Gasteiger partial charge is 0.223 e. The van der Waals surface area contributed by atoms with E-state index in [1.54, 1.807) is 24.3 Å². The lowest BCUT2D eigenvalue weighted by atomic mass is 10.0. The fraction of sp³-hybridized carbons (Fsp3) is 0.231. The van der Waals surface area contributed by atoms with Gasteiger partial charge in [0, 0.05) is 11.1 Å². The normalized spacial score (nSPS) is 11.6. The molecule has 0 aromatic heterocycles. The molecule has 3 aromatic rings. The number of methoxy groups -OCH3 is 3. The molecule has 0 heterocycles. The molecule has 0 saturated carbocycles. The van der Waals surface area contributed by atoms with Crippen molar-refractivity contribution in [3.8, 4) is 17.2 Å². The zero-order valence-electron chi connectivity index (χ0n) is 19.6. The number of aryl methyl sites for hydroxylation is 3. The third-order valence-electron chi connectivity index (χ3n) is 5.45. The van der Waals surface area contributed by atoms with Gasteiger partial charge < -0.3 is 18.8 Å². The Bertz CT molecular complexity index is 1220. The first-order valence-corrected chi connectivity index (χ1v) is 11.8. The van der Waals surface area contributed by atoms with Crippen molar-refractivity contribution >= 4 is 24.4 Å². The first-order valence-electron chi connectivity index (χ1n) is 10.3. The van der Waals surface area contributed by atoms with E-state index in [4.69, 9.17) is 14.2 Å². The van der Waals surface area contributed by atoms with Crippen molar-refractivity contribution in [2.45, 2.75) is 20.8 Å². The van der Waals surface area contributed by atoms with E-state index in [0.717, 1.165) is 16.7 Å². The minimum Gasteiger partial charge on any atom is -0.496 e. The Balaban J connectivity index is 2.21. The number of benzene rings is 3. The summed E-state index contributed by atoms with van der Waals surface area (Å²) in [5, 5.41) is 0.0934. The number of rotatable bonds is 8. The second-order valence-electron chi connectivity index (χ2n) is 7.69. The van der Waals surface area contributed by atoms with Crippen LogP contribution in [0.1, 0.15) is 43.0 Å². The molecule has 0 aliphatic heterocycles. The van der Waals surface area contributed by atoms with Crippen LogP contribution >= 0.6 is 7.80 Å². The number of hydrogen-bond donors (Lipinski definition) is 0. The van der Waals surface area contributed by atoms with Crippen molar-refractivity contribution in [3.05, 3.63) is 81.9 Å². The van der Waals surface area contributed by atoms with E-state index in [0.29, 0.717) is 11.1 Å². The van der Waals surface area contributed by atoms with Gasteiger partial charge in [0.05, 0.1) is 26.9 Å². The van der Waals surface area contributed by atoms with Crippen molar-refractivity contribution in [1.82, 2.24) is 0 Å². The highest BCUT2D eigenvalue weighted by Gasteiger charge is 2.32. The molecule has 1 atom stereocenters. The van der Waals surface area contributed by atoms with Crippen molar-refractivity contribution in [3.63, 3.8) is 0 Å². The summed E-state index contributed by atoms with van der Waals surface area (Å²) in [6.07, 6.45) is 0. The Labute approximate surface area is 194 Å².